The molecule has 1 aromatic carbocycles. The molecule has 2 N–H and O–H groups in total. The molecule has 14 heteroatoms. The summed E-state index contributed by atoms with van der Waals surface area (Å²) in [5.74, 6) is 0.0817. The van der Waals surface area contributed by atoms with E-state index in [2.05, 4.69) is 10.0 Å². The first-order valence-corrected chi connectivity index (χ1v) is 13.8. The lowest BCUT2D eigenvalue weighted by Gasteiger charge is -2.24. The minimum Gasteiger partial charge on any atom is -0.323 e. The molecular formula is C16H17ClFN3O5S4. The monoisotopic (exact) mass is 513 g/mol. The van der Waals surface area contributed by atoms with Crippen LogP contribution in [0.4, 0.5) is 10.1 Å². The van der Waals surface area contributed by atoms with Crippen LogP contribution in [0.2, 0.25) is 4.34 Å². The number of carbonyl (C=O) groups is 1. The molecular weight excluding hydrogens is 497 g/mol. The van der Waals surface area contributed by atoms with Crippen LogP contribution in [0.15, 0.2) is 39.4 Å². The standard InChI is InChI=1S/C16H17ClFN3O5S4/c17-16-13(9-15(28-16)30(25,26)21-5-7-27-8-6-21)20-14(22)10-19-29(23,24)12-3-1-11(18)2-4-12/h1-4,9,19H,5-8,10H2,(H,20,22). The molecule has 0 aliphatic carbocycles. The van der Waals surface area contributed by atoms with Crippen LogP contribution in [0, 0.1) is 5.82 Å². The van der Waals surface area contributed by atoms with E-state index in [0.717, 1.165) is 35.6 Å². The highest BCUT2D eigenvalue weighted by Gasteiger charge is 2.29. The van der Waals surface area contributed by atoms with Crippen molar-refractivity contribution in [3.8, 4) is 0 Å². The van der Waals surface area contributed by atoms with Crippen molar-refractivity contribution in [3.05, 3.63) is 40.5 Å². The first-order chi connectivity index (χ1) is 14.1. The van der Waals surface area contributed by atoms with Crippen molar-refractivity contribution in [1.82, 2.24) is 9.03 Å². The Labute approximate surface area is 186 Å². The summed E-state index contributed by atoms with van der Waals surface area (Å²) in [6, 6.07) is 5.38. The molecule has 0 bridgehead atoms. The van der Waals surface area contributed by atoms with Crippen molar-refractivity contribution in [3.63, 3.8) is 0 Å². The average molecular weight is 514 g/mol. The maximum Gasteiger partial charge on any atom is 0.252 e. The molecule has 1 aromatic heterocycles. The van der Waals surface area contributed by atoms with Crippen molar-refractivity contribution >= 4 is 66.3 Å². The first-order valence-electron chi connectivity index (χ1n) is 8.52. The minimum absolute atomic E-state index is 0.00147. The number of halogens is 2. The van der Waals surface area contributed by atoms with Crippen LogP contribution in [0.5, 0.6) is 0 Å². The molecule has 1 amide bonds. The Kier molecular flexibility index (Phi) is 7.43. The van der Waals surface area contributed by atoms with E-state index in [9.17, 15) is 26.0 Å². The summed E-state index contributed by atoms with van der Waals surface area (Å²) < 4.78 is 66.2. The van der Waals surface area contributed by atoms with E-state index in [-0.39, 0.29) is 19.1 Å². The van der Waals surface area contributed by atoms with Gasteiger partial charge in [0.05, 0.1) is 17.1 Å². The van der Waals surface area contributed by atoms with Crippen LogP contribution in [0.3, 0.4) is 0 Å². The van der Waals surface area contributed by atoms with Gasteiger partial charge in [-0.15, -0.1) is 11.3 Å². The summed E-state index contributed by atoms with van der Waals surface area (Å²) in [6.45, 7) is 0.183. The second-order valence-corrected chi connectivity index (χ2v) is 12.9. The number of benzene rings is 1. The third kappa shape index (κ3) is 5.52. The number of thiophene rings is 1. The van der Waals surface area contributed by atoms with E-state index in [1.807, 2.05) is 0 Å². The highest BCUT2D eigenvalue weighted by Crippen LogP contribution is 2.36. The first kappa shape index (κ1) is 23.4. The smallest absolute Gasteiger partial charge is 0.252 e. The Hall–Kier alpha value is -1.22. The number of hydrogen-bond acceptors (Lipinski definition) is 7. The summed E-state index contributed by atoms with van der Waals surface area (Å²) in [5.41, 5.74) is 0.0811. The Bertz CT molecular complexity index is 1130. The van der Waals surface area contributed by atoms with Gasteiger partial charge < -0.3 is 5.32 Å². The van der Waals surface area contributed by atoms with Crippen molar-refractivity contribution in [2.24, 2.45) is 0 Å². The van der Waals surface area contributed by atoms with Gasteiger partial charge in [-0.1, -0.05) is 11.6 Å². The molecule has 1 aliphatic rings. The summed E-state index contributed by atoms with van der Waals surface area (Å²) in [4.78, 5) is 11.9. The van der Waals surface area contributed by atoms with Gasteiger partial charge in [0, 0.05) is 24.6 Å². The summed E-state index contributed by atoms with van der Waals surface area (Å²) >= 11 is 8.57. The molecule has 164 valence electrons. The number of anilines is 1. The molecule has 8 nitrogen and oxygen atoms in total. The van der Waals surface area contributed by atoms with Gasteiger partial charge in [0.2, 0.25) is 15.9 Å². The third-order valence-corrected chi connectivity index (χ3v) is 10.1. The zero-order chi connectivity index (χ0) is 21.9. The van der Waals surface area contributed by atoms with E-state index in [1.54, 1.807) is 11.8 Å². The Morgan fingerprint density at radius 2 is 1.77 bits per heavy atom. The average Bonchev–Trinajstić information content (AvgIpc) is 3.08. The van der Waals surface area contributed by atoms with Crippen LogP contribution in [-0.4, -0.2) is 58.2 Å². The van der Waals surface area contributed by atoms with Crippen molar-refractivity contribution < 1.29 is 26.0 Å². The predicted molar refractivity (Wildman–Crippen MR) is 116 cm³/mol. The molecule has 2 heterocycles. The number of sulfonamides is 2. The Morgan fingerprint density at radius 1 is 1.13 bits per heavy atom. The molecule has 2 aromatic rings. The fraction of sp³-hybridized carbons (Fsp3) is 0.312. The molecule has 1 saturated heterocycles. The Balaban J connectivity index is 1.65. The number of carbonyl (C=O) groups excluding carboxylic acids is 1. The van der Waals surface area contributed by atoms with Gasteiger partial charge in [-0.05, 0) is 30.3 Å². The summed E-state index contributed by atoms with van der Waals surface area (Å²) in [6.07, 6.45) is 0. The molecule has 0 spiro atoms. The maximum atomic E-state index is 12.9. The molecule has 0 unspecified atom stereocenters. The lowest BCUT2D eigenvalue weighted by atomic mass is 10.4. The van der Waals surface area contributed by atoms with Crippen LogP contribution >= 0.6 is 34.7 Å². The van der Waals surface area contributed by atoms with Crippen LogP contribution in [0.1, 0.15) is 0 Å². The van der Waals surface area contributed by atoms with Gasteiger partial charge in [-0.3, -0.25) is 4.79 Å². The van der Waals surface area contributed by atoms with Gasteiger partial charge in [0.15, 0.2) is 0 Å². The van der Waals surface area contributed by atoms with Gasteiger partial charge in [0.1, 0.15) is 14.4 Å². The number of hydrogen-bond donors (Lipinski definition) is 2. The highest BCUT2D eigenvalue weighted by molar-refractivity contribution is 7.99. The van der Waals surface area contributed by atoms with Crippen LogP contribution in [0.25, 0.3) is 0 Å². The van der Waals surface area contributed by atoms with Gasteiger partial charge in [-0.25, -0.2) is 25.9 Å². The van der Waals surface area contributed by atoms with E-state index in [4.69, 9.17) is 11.6 Å². The predicted octanol–water partition coefficient (Wildman–Crippen LogP) is 2.20. The lowest BCUT2D eigenvalue weighted by molar-refractivity contribution is -0.115. The van der Waals surface area contributed by atoms with E-state index in [1.165, 1.54) is 10.4 Å². The topological polar surface area (TPSA) is 113 Å². The number of nitrogens with zero attached hydrogens (tertiary/aromatic N) is 1. The van der Waals surface area contributed by atoms with Gasteiger partial charge in [0.25, 0.3) is 10.0 Å². The molecule has 0 saturated carbocycles. The van der Waals surface area contributed by atoms with Crippen LogP contribution < -0.4 is 10.0 Å². The van der Waals surface area contributed by atoms with E-state index < -0.39 is 38.3 Å². The summed E-state index contributed by atoms with van der Waals surface area (Å²) in [5, 5.41) is 2.40. The number of nitrogens with one attached hydrogen (secondary N) is 2. The van der Waals surface area contributed by atoms with E-state index in [0.29, 0.717) is 24.6 Å². The van der Waals surface area contributed by atoms with Gasteiger partial charge >= 0.3 is 0 Å². The van der Waals surface area contributed by atoms with Crippen LogP contribution in [-0.2, 0) is 24.8 Å². The highest BCUT2D eigenvalue weighted by atomic mass is 35.5. The number of amides is 1. The molecule has 1 aliphatic heterocycles. The quantitative estimate of drug-likeness (QED) is 0.587. The van der Waals surface area contributed by atoms with E-state index >= 15 is 0 Å². The van der Waals surface area contributed by atoms with Crippen molar-refractivity contribution in [2.75, 3.05) is 36.5 Å². The van der Waals surface area contributed by atoms with Crippen molar-refractivity contribution in [1.29, 1.82) is 0 Å². The largest absolute Gasteiger partial charge is 0.323 e. The second-order valence-electron chi connectivity index (χ2n) is 6.10. The number of thioether (sulfide) groups is 1. The zero-order valence-electron chi connectivity index (χ0n) is 15.3. The van der Waals surface area contributed by atoms with Crippen molar-refractivity contribution in [2.45, 2.75) is 9.10 Å². The molecule has 3 rings (SSSR count). The Morgan fingerprint density at radius 3 is 2.40 bits per heavy atom. The molecule has 1 fully saturated rings. The second kappa shape index (κ2) is 9.51. The third-order valence-electron chi connectivity index (χ3n) is 4.05. The minimum atomic E-state index is -4.02. The SMILES string of the molecule is O=C(CNS(=O)(=O)c1ccc(F)cc1)Nc1cc(S(=O)(=O)N2CCSCC2)sc1Cl. The fourth-order valence-electron chi connectivity index (χ4n) is 2.53. The van der Waals surface area contributed by atoms with Gasteiger partial charge in [-0.2, -0.15) is 16.1 Å². The summed E-state index contributed by atoms with van der Waals surface area (Å²) in [7, 11) is -7.73. The fourth-order valence-corrected chi connectivity index (χ4v) is 7.88. The molecule has 30 heavy (non-hydrogen) atoms. The molecule has 0 atom stereocenters. The maximum absolute atomic E-state index is 12.9. The molecule has 0 radical (unpaired) electrons. The zero-order valence-corrected chi connectivity index (χ0v) is 19.3. The number of rotatable bonds is 7. The lowest BCUT2D eigenvalue weighted by Crippen LogP contribution is -2.37. The normalized spacial score (nSPS) is 15.8.